The number of carbonyl (C=O) groups excluding carboxylic acids is 1. The predicted octanol–water partition coefficient (Wildman–Crippen LogP) is 0.560. The Kier molecular flexibility index (Phi) is 1.31. The average Bonchev–Trinajstić information content (AvgIpc) is 2.45. The van der Waals surface area contributed by atoms with Gasteiger partial charge in [0.15, 0.2) is 0 Å². The van der Waals surface area contributed by atoms with Crippen molar-refractivity contribution in [3.05, 3.63) is 0 Å². The fraction of sp³-hybridized carbons (Fsp3) is 0.875. The third-order valence-corrected chi connectivity index (χ3v) is 2.93. The Morgan fingerprint density at radius 2 is 2.40 bits per heavy atom. The molecule has 0 spiro atoms. The van der Waals surface area contributed by atoms with Crippen LogP contribution in [0.15, 0.2) is 0 Å². The lowest BCUT2D eigenvalue weighted by Crippen LogP contribution is -2.05. The van der Waals surface area contributed by atoms with Gasteiger partial charge >= 0.3 is 0 Å². The Hall–Kier alpha value is -0.370. The minimum atomic E-state index is 0.448. The molecule has 3 unspecified atom stereocenters. The van der Waals surface area contributed by atoms with Crippen molar-refractivity contribution in [1.82, 2.24) is 0 Å². The third-order valence-electron chi connectivity index (χ3n) is 2.93. The van der Waals surface area contributed by atoms with Crippen LogP contribution in [0.4, 0.5) is 0 Å². The second-order valence-electron chi connectivity index (χ2n) is 3.44. The van der Waals surface area contributed by atoms with E-state index in [-0.39, 0.29) is 0 Å². The summed E-state index contributed by atoms with van der Waals surface area (Å²) < 4.78 is 0. The maximum Gasteiger partial charge on any atom is 0.136 e. The molecule has 2 aliphatic carbocycles. The van der Waals surface area contributed by atoms with E-state index in [1.807, 2.05) is 0 Å². The molecular weight excluding hydrogens is 126 g/mol. The van der Waals surface area contributed by atoms with Crippen LogP contribution in [-0.4, -0.2) is 12.3 Å². The number of carbonyl (C=O) groups is 1. The highest BCUT2D eigenvalue weighted by molar-refractivity contribution is 5.87. The molecule has 2 saturated carbocycles. The quantitative estimate of drug-likeness (QED) is 0.607. The van der Waals surface area contributed by atoms with E-state index < -0.39 is 0 Å². The van der Waals surface area contributed by atoms with Crippen LogP contribution < -0.4 is 5.73 Å². The van der Waals surface area contributed by atoms with E-state index in [1.165, 1.54) is 0 Å². The first kappa shape index (κ1) is 6.35. The molecule has 0 aliphatic heterocycles. The van der Waals surface area contributed by atoms with Gasteiger partial charge in [-0.25, -0.2) is 0 Å². The lowest BCUT2D eigenvalue weighted by molar-refractivity contribution is -0.119. The van der Waals surface area contributed by atoms with Gasteiger partial charge in [0.2, 0.25) is 0 Å². The Morgan fingerprint density at radius 1 is 1.60 bits per heavy atom. The number of hydrogen-bond donors (Lipinski definition) is 1. The van der Waals surface area contributed by atoms with E-state index >= 15 is 0 Å². The second-order valence-corrected chi connectivity index (χ2v) is 3.44. The van der Waals surface area contributed by atoms with Crippen LogP contribution in [0.2, 0.25) is 0 Å². The van der Waals surface area contributed by atoms with E-state index in [0.717, 1.165) is 31.7 Å². The van der Waals surface area contributed by atoms with E-state index in [9.17, 15) is 4.79 Å². The molecule has 2 rings (SSSR count). The smallest absolute Gasteiger partial charge is 0.136 e. The first-order chi connectivity index (χ1) is 4.84. The lowest BCUT2D eigenvalue weighted by Gasteiger charge is -1.97. The van der Waals surface area contributed by atoms with Crippen molar-refractivity contribution in [3.63, 3.8) is 0 Å². The first-order valence-electron chi connectivity index (χ1n) is 4.07. The van der Waals surface area contributed by atoms with Gasteiger partial charge in [-0.2, -0.15) is 0 Å². The Morgan fingerprint density at radius 3 is 2.90 bits per heavy atom. The minimum absolute atomic E-state index is 0.448. The molecule has 0 radical (unpaired) electrons. The van der Waals surface area contributed by atoms with Gasteiger partial charge in [-0.3, -0.25) is 4.79 Å². The molecule has 2 heteroatoms. The lowest BCUT2D eigenvalue weighted by atomic mass is 10.1. The highest BCUT2D eigenvalue weighted by atomic mass is 16.1. The van der Waals surface area contributed by atoms with Crippen LogP contribution in [0, 0.1) is 17.8 Å². The van der Waals surface area contributed by atoms with Crippen molar-refractivity contribution < 1.29 is 4.79 Å². The summed E-state index contributed by atoms with van der Waals surface area (Å²) in [4.78, 5) is 11.1. The summed E-state index contributed by atoms with van der Waals surface area (Å²) in [5, 5.41) is 0. The van der Waals surface area contributed by atoms with Gasteiger partial charge in [0.1, 0.15) is 5.78 Å². The van der Waals surface area contributed by atoms with Gasteiger partial charge in [0, 0.05) is 12.3 Å². The molecule has 56 valence electrons. The van der Waals surface area contributed by atoms with E-state index in [1.54, 1.807) is 0 Å². The summed E-state index contributed by atoms with van der Waals surface area (Å²) in [6.07, 6.45) is 3.06. The molecule has 0 aromatic carbocycles. The molecule has 2 aliphatic rings. The second kappa shape index (κ2) is 2.06. The van der Waals surface area contributed by atoms with Crippen LogP contribution in [-0.2, 0) is 4.79 Å². The maximum atomic E-state index is 11.1. The molecular formula is C8H13NO. The number of nitrogens with two attached hydrogens (primary N) is 1. The largest absolute Gasteiger partial charge is 0.330 e. The molecule has 0 aromatic rings. The van der Waals surface area contributed by atoms with Crippen molar-refractivity contribution >= 4 is 5.78 Å². The Bertz CT molecular complexity index is 167. The van der Waals surface area contributed by atoms with E-state index in [0.29, 0.717) is 17.6 Å². The highest BCUT2D eigenvalue weighted by Gasteiger charge is 2.56. The fourth-order valence-electron chi connectivity index (χ4n) is 2.38. The van der Waals surface area contributed by atoms with Crippen molar-refractivity contribution in [1.29, 1.82) is 0 Å². The fourth-order valence-corrected chi connectivity index (χ4v) is 2.38. The zero-order chi connectivity index (χ0) is 7.14. The topological polar surface area (TPSA) is 43.1 Å². The Labute approximate surface area is 60.8 Å². The summed E-state index contributed by atoms with van der Waals surface area (Å²) in [6, 6.07) is 0. The normalized spacial score (nSPS) is 43.7. The van der Waals surface area contributed by atoms with Gasteiger partial charge in [-0.1, -0.05) is 0 Å². The van der Waals surface area contributed by atoms with Crippen molar-refractivity contribution in [2.24, 2.45) is 23.5 Å². The summed E-state index contributed by atoms with van der Waals surface area (Å²) in [5.41, 5.74) is 5.41. The molecule has 2 fully saturated rings. The molecule has 0 bridgehead atoms. The average molecular weight is 139 g/mol. The van der Waals surface area contributed by atoms with Crippen molar-refractivity contribution in [3.8, 4) is 0 Å². The molecule has 2 nitrogen and oxygen atoms in total. The maximum absolute atomic E-state index is 11.1. The minimum Gasteiger partial charge on any atom is -0.330 e. The van der Waals surface area contributed by atoms with Crippen LogP contribution in [0.25, 0.3) is 0 Å². The van der Waals surface area contributed by atoms with Crippen molar-refractivity contribution in [2.45, 2.75) is 19.3 Å². The molecule has 0 saturated heterocycles. The molecule has 3 atom stereocenters. The van der Waals surface area contributed by atoms with Gasteiger partial charge in [-0.05, 0) is 31.2 Å². The SMILES string of the molecule is NCCC1C2CCC(=O)C12. The number of fused-ring (bicyclic) bond motifs is 1. The van der Waals surface area contributed by atoms with Gasteiger partial charge in [0.25, 0.3) is 0 Å². The zero-order valence-electron chi connectivity index (χ0n) is 6.05. The van der Waals surface area contributed by atoms with Crippen molar-refractivity contribution in [2.75, 3.05) is 6.54 Å². The summed E-state index contributed by atoms with van der Waals surface area (Å²) in [7, 11) is 0. The molecule has 0 heterocycles. The number of Topliss-reactive ketones (excluding diaryl/α,β-unsaturated/α-hetero) is 1. The monoisotopic (exact) mass is 139 g/mol. The predicted molar refractivity (Wildman–Crippen MR) is 38.4 cm³/mol. The highest BCUT2D eigenvalue weighted by Crippen LogP contribution is 2.56. The van der Waals surface area contributed by atoms with Crippen LogP contribution >= 0.6 is 0 Å². The number of hydrogen-bond acceptors (Lipinski definition) is 2. The zero-order valence-corrected chi connectivity index (χ0v) is 6.05. The molecule has 0 amide bonds. The van der Waals surface area contributed by atoms with Crippen LogP contribution in [0.5, 0.6) is 0 Å². The first-order valence-corrected chi connectivity index (χ1v) is 4.07. The number of ketones is 1. The summed E-state index contributed by atoms with van der Waals surface area (Å²) in [5.74, 6) is 2.38. The van der Waals surface area contributed by atoms with Gasteiger partial charge < -0.3 is 5.73 Å². The molecule has 2 N–H and O–H groups in total. The standard InChI is InChI=1S/C8H13NO/c9-4-3-6-5-1-2-7(10)8(5)6/h5-6,8H,1-4,9H2. The Balaban J connectivity index is 1.92. The molecule has 10 heavy (non-hydrogen) atoms. The van der Waals surface area contributed by atoms with Crippen LogP contribution in [0.1, 0.15) is 19.3 Å². The summed E-state index contributed by atoms with van der Waals surface area (Å²) >= 11 is 0. The molecule has 0 aromatic heterocycles. The van der Waals surface area contributed by atoms with Crippen LogP contribution in [0.3, 0.4) is 0 Å². The third kappa shape index (κ3) is 0.717. The van der Waals surface area contributed by atoms with Gasteiger partial charge in [-0.15, -0.1) is 0 Å². The van der Waals surface area contributed by atoms with E-state index in [2.05, 4.69) is 0 Å². The summed E-state index contributed by atoms with van der Waals surface area (Å²) in [6.45, 7) is 0.755. The van der Waals surface area contributed by atoms with E-state index in [4.69, 9.17) is 5.73 Å². The number of rotatable bonds is 2. The van der Waals surface area contributed by atoms with Gasteiger partial charge in [0.05, 0.1) is 0 Å².